The Labute approximate surface area is 136 Å². The van der Waals surface area contributed by atoms with E-state index in [-0.39, 0.29) is 5.91 Å². The molecule has 0 radical (unpaired) electrons. The van der Waals surface area contributed by atoms with Gasteiger partial charge in [0.05, 0.1) is 5.75 Å². The molecule has 4 aliphatic rings. The number of H-pyrrole nitrogens is 1. The summed E-state index contributed by atoms with van der Waals surface area (Å²) in [7, 11) is 0. The van der Waals surface area contributed by atoms with Gasteiger partial charge in [0.25, 0.3) is 0 Å². The van der Waals surface area contributed by atoms with Gasteiger partial charge in [-0.05, 0) is 56.3 Å². The maximum absolute atomic E-state index is 12.1. The summed E-state index contributed by atoms with van der Waals surface area (Å²) in [5, 5.41) is 3.03. The van der Waals surface area contributed by atoms with E-state index >= 15 is 0 Å². The van der Waals surface area contributed by atoms with Gasteiger partial charge in [-0.2, -0.15) is 0 Å². The second kappa shape index (κ2) is 5.91. The molecule has 4 bridgehead atoms. The predicted octanol–water partition coefficient (Wildman–Crippen LogP) is 2.77. The van der Waals surface area contributed by atoms with Crippen LogP contribution in [0.15, 0.2) is 12.4 Å². The molecule has 0 aromatic carbocycles. The number of nitrogens with zero attached hydrogens (tertiary/aromatic N) is 1. The number of nitrogens with one attached hydrogen (secondary N) is 2. The van der Waals surface area contributed by atoms with Crippen LogP contribution in [0.2, 0.25) is 0 Å². The number of rotatable bonds is 6. The minimum absolute atomic E-state index is 0.187. The molecular formula is C17H25N3OS. The van der Waals surface area contributed by atoms with Gasteiger partial charge in [0.2, 0.25) is 5.91 Å². The van der Waals surface area contributed by atoms with Gasteiger partial charge in [-0.15, -0.1) is 11.8 Å². The van der Waals surface area contributed by atoms with Gasteiger partial charge >= 0.3 is 0 Å². The van der Waals surface area contributed by atoms with Crippen LogP contribution in [0.4, 0.5) is 0 Å². The van der Waals surface area contributed by atoms with Crippen LogP contribution in [0.25, 0.3) is 0 Å². The number of aromatic nitrogens is 2. The zero-order valence-electron chi connectivity index (χ0n) is 13.0. The SMILES string of the molecule is O=C(CSC12CC3CC(CC(C3)C1)C2)NCCc1ncc[nH]1. The summed E-state index contributed by atoms with van der Waals surface area (Å²) in [5.41, 5.74) is 0. The van der Waals surface area contributed by atoms with Gasteiger partial charge in [0.1, 0.15) is 5.82 Å². The Bertz CT molecular complexity index is 493. The van der Waals surface area contributed by atoms with Crippen molar-refractivity contribution < 1.29 is 4.79 Å². The monoisotopic (exact) mass is 319 g/mol. The molecular weight excluding hydrogens is 294 g/mol. The molecule has 1 amide bonds. The molecule has 2 N–H and O–H groups in total. The zero-order chi connectivity index (χ0) is 15.0. The van der Waals surface area contributed by atoms with Crippen LogP contribution in [0, 0.1) is 17.8 Å². The second-order valence-electron chi connectivity index (χ2n) is 7.53. The molecule has 1 aromatic heterocycles. The van der Waals surface area contributed by atoms with Crippen LogP contribution in [0.3, 0.4) is 0 Å². The molecule has 0 aliphatic heterocycles. The van der Waals surface area contributed by atoms with Crippen molar-refractivity contribution in [3.8, 4) is 0 Å². The Kier molecular flexibility index (Phi) is 3.93. The summed E-state index contributed by atoms with van der Waals surface area (Å²) < 4.78 is 0.438. The Morgan fingerprint density at radius 2 is 1.95 bits per heavy atom. The third-order valence-corrected chi connectivity index (χ3v) is 7.25. The highest BCUT2D eigenvalue weighted by Gasteiger charge is 2.51. The number of imidazole rings is 1. The minimum atomic E-state index is 0.187. The highest BCUT2D eigenvalue weighted by molar-refractivity contribution is 8.01. The largest absolute Gasteiger partial charge is 0.355 e. The lowest BCUT2D eigenvalue weighted by molar-refractivity contribution is -0.118. The van der Waals surface area contributed by atoms with Crippen molar-refractivity contribution in [3.05, 3.63) is 18.2 Å². The lowest BCUT2D eigenvalue weighted by Crippen LogP contribution is -2.49. The summed E-state index contributed by atoms with van der Waals surface area (Å²) >= 11 is 1.95. The Morgan fingerprint density at radius 1 is 1.27 bits per heavy atom. The molecule has 0 unspecified atom stereocenters. The lowest BCUT2D eigenvalue weighted by atomic mass is 9.56. The van der Waals surface area contributed by atoms with Crippen molar-refractivity contribution in [2.75, 3.05) is 12.3 Å². The van der Waals surface area contributed by atoms with Crippen LogP contribution in [-0.4, -0.2) is 32.9 Å². The number of hydrogen-bond donors (Lipinski definition) is 2. The second-order valence-corrected chi connectivity index (χ2v) is 8.97. The summed E-state index contributed by atoms with van der Waals surface area (Å²) in [6.07, 6.45) is 12.8. The molecule has 0 atom stereocenters. The van der Waals surface area contributed by atoms with E-state index in [4.69, 9.17) is 0 Å². The van der Waals surface area contributed by atoms with E-state index in [1.807, 2.05) is 18.0 Å². The first-order valence-corrected chi connectivity index (χ1v) is 9.58. The minimum Gasteiger partial charge on any atom is -0.355 e. The molecule has 120 valence electrons. The third kappa shape index (κ3) is 3.05. The fourth-order valence-electron chi connectivity index (χ4n) is 5.23. The molecule has 4 nitrogen and oxygen atoms in total. The van der Waals surface area contributed by atoms with Crippen molar-refractivity contribution >= 4 is 17.7 Å². The predicted molar refractivity (Wildman–Crippen MR) is 88.7 cm³/mol. The molecule has 5 rings (SSSR count). The van der Waals surface area contributed by atoms with Gasteiger partial charge in [-0.3, -0.25) is 4.79 Å². The first-order chi connectivity index (χ1) is 10.7. The highest BCUT2D eigenvalue weighted by atomic mass is 32.2. The first-order valence-electron chi connectivity index (χ1n) is 8.60. The van der Waals surface area contributed by atoms with Crippen molar-refractivity contribution in [1.82, 2.24) is 15.3 Å². The quantitative estimate of drug-likeness (QED) is 0.847. The van der Waals surface area contributed by atoms with Gasteiger partial charge < -0.3 is 10.3 Å². The molecule has 0 saturated heterocycles. The lowest BCUT2D eigenvalue weighted by Gasteiger charge is -2.56. The zero-order valence-corrected chi connectivity index (χ0v) is 13.8. The molecule has 4 saturated carbocycles. The summed E-state index contributed by atoms with van der Waals surface area (Å²) in [4.78, 5) is 19.3. The smallest absolute Gasteiger partial charge is 0.230 e. The van der Waals surface area contributed by atoms with Crippen molar-refractivity contribution in [2.24, 2.45) is 17.8 Å². The maximum Gasteiger partial charge on any atom is 0.230 e. The standard InChI is InChI=1S/C17H25N3OS/c21-16(20-2-1-15-18-3-4-19-15)11-22-17-8-12-5-13(9-17)7-14(6-12)10-17/h3-4,12-14H,1-2,5-11H2,(H,18,19)(H,20,21). The van der Waals surface area contributed by atoms with Crippen molar-refractivity contribution in [2.45, 2.75) is 49.7 Å². The van der Waals surface area contributed by atoms with E-state index < -0.39 is 0 Å². The van der Waals surface area contributed by atoms with E-state index in [0.29, 0.717) is 17.0 Å². The van der Waals surface area contributed by atoms with Crippen molar-refractivity contribution in [3.63, 3.8) is 0 Å². The topological polar surface area (TPSA) is 57.8 Å². The van der Waals surface area contributed by atoms with Gasteiger partial charge in [-0.1, -0.05) is 0 Å². The van der Waals surface area contributed by atoms with Gasteiger partial charge in [0, 0.05) is 30.1 Å². The molecule has 4 fully saturated rings. The van der Waals surface area contributed by atoms with Crippen LogP contribution >= 0.6 is 11.8 Å². The average molecular weight is 319 g/mol. The summed E-state index contributed by atoms with van der Waals surface area (Å²) in [6, 6.07) is 0. The van der Waals surface area contributed by atoms with Crippen LogP contribution in [0.1, 0.15) is 44.3 Å². The van der Waals surface area contributed by atoms with E-state index in [1.165, 1.54) is 38.5 Å². The maximum atomic E-state index is 12.1. The normalized spacial score (nSPS) is 35.7. The fraction of sp³-hybridized carbons (Fsp3) is 0.765. The van der Waals surface area contributed by atoms with Gasteiger partial charge in [0.15, 0.2) is 0 Å². The summed E-state index contributed by atoms with van der Waals surface area (Å²) in [6.45, 7) is 0.674. The van der Waals surface area contributed by atoms with E-state index in [9.17, 15) is 4.79 Å². The average Bonchev–Trinajstić information content (AvgIpc) is 2.97. The van der Waals surface area contributed by atoms with Crippen LogP contribution in [-0.2, 0) is 11.2 Å². The van der Waals surface area contributed by atoms with Crippen LogP contribution in [0.5, 0.6) is 0 Å². The Balaban J connectivity index is 1.23. The molecule has 1 heterocycles. The number of hydrogen-bond acceptors (Lipinski definition) is 3. The number of thioether (sulfide) groups is 1. The van der Waals surface area contributed by atoms with E-state index in [1.54, 1.807) is 6.20 Å². The number of carbonyl (C=O) groups is 1. The third-order valence-electron chi connectivity index (χ3n) is 5.73. The highest BCUT2D eigenvalue weighted by Crippen LogP contribution is 2.60. The van der Waals surface area contributed by atoms with E-state index in [0.717, 1.165) is 30.0 Å². The molecule has 22 heavy (non-hydrogen) atoms. The Morgan fingerprint density at radius 3 is 2.55 bits per heavy atom. The van der Waals surface area contributed by atoms with E-state index in [2.05, 4.69) is 15.3 Å². The molecule has 5 heteroatoms. The van der Waals surface area contributed by atoms with Gasteiger partial charge in [-0.25, -0.2) is 4.98 Å². The number of amides is 1. The molecule has 1 aromatic rings. The molecule has 0 spiro atoms. The molecule has 4 aliphatic carbocycles. The van der Waals surface area contributed by atoms with Crippen LogP contribution < -0.4 is 5.32 Å². The number of carbonyl (C=O) groups excluding carboxylic acids is 1. The first kappa shape index (κ1) is 14.6. The Hall–Kier alpha value is -0.970. The fourth-order valence-corrected chi connectivity index (χ4v) is 6.83. The van der Waals surface area contributed by atoms with Crippen molar-refractivity contribution in [1.29, 1.82) is 0 Å². The summed E-state index contributed by atoms with van der Waals surface area (Å²) in [5.74, 6) is 4.63. The number of aromatic amines is 1.